The second kappa shape index (κ2) is 8.53. The highest BCUT2D eigenvalue weighted by Gasteiger charge is 2.31. The van der Waals surface area contributed by atoms with Crippen LogP contribution in [0.5, 0.6) is 0 Å². The van der Waals surface area contributed by atoms with E-state index in [0.29, 0.717) is 0 Å². The van der Waals surface area contributed by atoms with Gasteiger partial charge in [0, 0.05) is 5.75 Å². The summed E-state index contributed by atoms with van der Waals surface area (Å²) in [5.74, 6) is -1.16. The number of ether oxygens (including phenoxy) is 1. The molecule has 3 N–H and O–H groups in total. The van der Waals surface area contributed by atoms with E-state index in [-0.39, 0.29) is 23.7 Å². The third-order valence-corrected chi connectivity index (χ3v) is 5.10. The number of aliphatic carboxylic acids is 1. The fourth-order valence-corrected chi connectivity index (χ4v) is 3.24. The zero-order valence-electron chi connectivity index (χ0n) is 13.9. The first-order valence-electron chi connectivity index (χ1n) is 8.31. The van der Waals surface area contributed by atoms with Gasteiger partial charge in [0.15, 0.2) is 0 Å². The average molecular weight is 351 g/mol. The molecule has 0 aromatic heterocycles. The SMILES string of the molecule is C[C@H](C(=O)O)c1ccc(C[C@H]2CCC[C@@H]2OC(=O)C(N)CS)cc1. The van der Waals surface area contributed by atoms with Crippen molar-refractivity contribution < 1.29 is 19.4 Å². The number of benzene rings is 1. The van der Waals surface area contributed by atoms with Gasteiger partial charge in [0.05, 0.1) is 5.92 Å². The first-order chi connectivity index (χ1) is 11.4. The Morgan fingerprint density at radius 1 is 1.33 bits per heavy atom. The highest BCUT2D eigenvalue weighted by Crippen LogP contribution is 2.31. The van der Waals surface area contributed by atoms with Gasteiger partial charge in [-0.2, -0.15) is 12.6 Å². The van der Waals surface area contributed by atoms with Crippen LogP contribution in [0, 0.1) is 5.92 Å². The number of hydrogen-bond acceptors (Lipinski definition) is 5. The lowest BCUT2D eigenvalue weighted by Crippen LogP contribution is -2.37. The van der Waals surface area contributed by atoms with E-state index in [4.69, 9.17) is 15.6 Å². The van der Waals surface area contributed by atoms with Crippen LogP contribution < -0.4 is 5.73 Å². The summed E-state index contributed by atoms with van der Waals surface area (Å²) in [5.41, 5.74) is 7.58. The summed E-state index contributed by atoms with van der Waals surface area (Å²) in [7, 11) is 0. The van der Waals surface area contributed by atoms with Gasteiger partial charge in [-0.3, -0.25) is 9.59 Å². The molecule has 1 aromatic carbocycles. The van der Waals surface area contributed by atoms with Crippen LogP contribution in [0.25, 0.3) is 0 Å². The van der Waals surface area contributed by atoms with Gasteiger partial charge in [0.2, 0.25) is 0 Å². The topological polar surface area (TPSA) is 89.6 Å². The number of hydrogen-bond donors (Lipinski definition) is 3. The van der Waals surface area contributed by atoms with E-state index >= 15 is 0 Å². The molecule has 0 heterocycles. The molecule has 24 heavy (non-hydrogen) atoms. The Hall–Kier alpha value is -1.53. The Morgan fingerprint density at radius 3 is 2.58 bits per heavy atom. The van der Waals surface area contributed by atoms with Crippen LogP contribution in [0.15, 0.2) is 24.3 Å². The van der Waals surface area contributed by atoms with Gasteiger partial charge in [-0.1, -0.05) is 24.3 Å². The minimum Gasteiger partial charge on any atom is -0.481 e. The Labute approximate surface area is 148 Å². The van der Waals surface area contributed by atoms with Crippen molar-refractivity contribution in [2.24, 2.45) is 11.7 Å². The Kier molecular flexibility index (Phi) is 6.69. The van der Waals surface area contributed by atoms with Gasteiger partial charge in [-0.25, -0.2) is 0 Å². The van der Waals surface area contributed by atoms with Crippen LogP contribution in [0.2, 0.25) is 0 Å². The van der Waals surface area contributed by atoms with E-state index in [9.17, 15) is 9.59 Å². The molecule has 0 radical (unpaired) electrons. The van der Waals surface area contributed by atoms with Crippen molar-refractivity contribution in [1.29, 1.82) is 0 Å². The van der Waals surface area contributed by atoms with Crippen molar-refractivity contribution in [3.05, 3.63) is 35.4 Å². The van der Waals surface area contributed by atoms with Crippen molar-refractivity contribution in [3.63, 3.8) is 0 Å². The standard InChI is InChI=1S/C18H25NO4S/c1-11(17(20)21)13-7-5-12(6-8-13)9-14-3-2-4-16(14)23-18(22)15(19)10-24/h5-8,11,14-16,24H,2-4,9-10,19H2,1H3,(H,20,21)/t11-,14+,15?,16-/m0/s1. The molecule has 1 aliphatic carbocycles. The second-order valence-electron chi connectivity index (χ2n) is 6.46. The van der Waals surface area contributed by atoms with Crippen molar-refractivity contribution in [2.45, 2.75) is 50.7 Å². The Bertz CT molecular complexity index is 575. The summed E-state index contributed by atoms with van der Waals surface area (Å²) < 4.78 is 5.55. The van der Waals surface area contributed by atoms with Crippen LogP contribution >= 0.6 is 12.6 Å². The number of nitrogens with two attached hydrogens (primary N) is 1. The maximum Gasteiger partial charge on any atom is 0.324 e. The van der Waals surface area contributed by atoms with Crippen LogP contribution in [0.1, 0.15) is 43.2 Å². The number of esters is 1. The molecule has 1 saturated carbocycles. The van der Waals surface area contributed by atoms with Crippen molar-refractivity contribution in [1.82, 2.24) is 0 Å². The lowest BCUT2D eigenvalue weighted by Gasteiger charge is -2.22. The maximum atomic E-state index is 11.9. The number of rotatable bonds is 7. The summed E-state index contributed by atoms with van der Waals surface area (Å²) in [6.07, 6.45) is 3.63. The van der Waals surface area contributed by atoms with Crippen molar-refractivity contribution >= 4 is 24.6 Å². The molecule has 1 unspecified atom stereocenters. The smallest absolute Gasteiger partial charge is 0.324 e. The molecule has 0 spiro atoms. The van der Waals surface area contributed by atoms with Crippen LogP contribution in [-0.2, 0) is 20.7 Å². The number of carbonyl (C=O) groups is 2. The molecule has 1 aromatic rings. The second-order valence-corrected chi connectivity index (χ2v) is 6.83. The summed E-state index contributed by atoms with van der Waals surface area (Å²) in [6.45, 7) is 1.68. The predicted octanol–water partition coefficient (Wildman–Crippen LogP) is 2.39. The summed E-state index contributed by atoms with van der Waals surface area (Å²) >= 11 is 4.03. The molecule has 132 valence electrons. The molecular formula is C18H25NO4S. The quantitative estimate of drug-likeness (QED) is 0.518. The summed E-state index contributed by atoms with van der Waals surface area (Å²) in [5, 5.41) is 9.05. The first-order valence-corrected chi connectivity index (χ1v) is 8.94. The van der Waals surface area contributed by atoms with Gasteiger partial charge in [0.1, 0.15) is 12.1 Å². The fourth-order valence-electron chi connectivity index (χ4n) is 3.09. The molecule has 1 aliphatic rings. The highest BCUT2D eigenvalue weighted by atomic mass is 32.1. The lowest BCUT2D eigenvalue weighted by atomic mass is 9.93. The molecule has 4 atom stereocenters. The fraction of sp³-hybridized carbons (Fsp3) is 0.556. The molecule has 0 saturated heterocycles. The Balaban J connectivity index is 1.96. The minimum absolute atomic E-state index is 0.0962. The molecule has 2 rings (SSSR count). The largest absolute Gasteiger partial charge is 0.481 e. The Morgan fingerprint density at radius 2 is 2.00 bits per heavy atom. The van der Waals surface area contributed by atoms with Crippen LogP contribution in [0.3, 0.4) is 0 Å². The van der Waals surface area contributed by atoms with Crippen molar-refractivity contribution in [2.75, 3.05) is 5.75 Å². The van der Waals surface area contributed by atoms with Gasteiger partial charge >= 0.3 is 11.9 Å². The molecule has 1 fully saturated rings. The van der Waals surface area contributed by atoms with Gasteiger partial charge < -0.3 is 15.6 Å². The normalized spacial score (nSPS) is 22.8. The van der Waals surface area contributed by atoms with Crippen LogP contribution in [-0.4, -0.2) is 34.9 Å². The number of carboxylic acids is 1. The van der Waals surface area contributed by atoms with E-state index in [2.05, 4.69) is 12.6 Å². The van der Waals surface area contributed by atoms with Gasteiger partial charge in [-0.05, 0) is 49.7 Å². The average Bonchev–Trinajstić information content (AvgIpc) is 3.00. The summed E-state index contributed by atoms with van der Waals surface area (Å²) in [6, 6.07) is 6.98. The first kappa shape index (κ1) is 18.8. The van der Waals surface area contributed by atoms with E-state index in [1.54, 1.807) is 6.92 Å². The lowest BCUT2D eigenvalue weighted by molar-refractivity contribution is -0.151. The minimum atomic E-state index is -0.828. The number of carbonyl (C=O) groups excluding carboxylic acids is 1. The van der Waals surface area contributed by atoms with Crippen LogP contribution in [0.4, 0.5) is 0 Å². The van der Waals surface area contributed by atoms with E-state index < -0.39 is 17.9 Å². The third kappa shape index (κ3) is 4.74. The summed E-state index contributed by atoms with van der Waals surface area (Å²) in [4.78, 5) is 22.9. The van der Waals surface area contributed by atoms with E-state index in [1.165, 1.54) is 0 Å². The molecular weight excluding hydrogens is 326 g/mol. The number of thiol groups is 1. The molecule has 0 aliphatic heterocycles. The predicted molar refractivity (Wildman–Crippen MR) is 95.2 cm³/mol. The molecule has 0 bridgehead atoms. The van der Waals surface area contributed by atoms with Gasteiger partial charge in [-0.15, -0.1) is 0 Å². The molecule has 0 amide bonds. The zero-order valence-corrected chi connectivity index (χ0v) is 14.7. The molecule has 5 nitrogen and oxygen atoms in total. The zero-order chi connectivity index (χ0) is 17.7. The monoisotopic (exact) mass is 351 g/mol. The highest BCUT2D eigenvalue weighted by molar-refractivity contribution is 7.80. The maximum absolute atomic E-state index is 11.9. The van der Waals surface area contributed by atoms with Crippen molar-refractivity contribution in [3.8, 4) is 0 Å². The number of carboxylic acid groups (broad SMARTS) is 1. The van der Waals surface area contributed by atoms with Gasteiger partial charge in [0.25, 0.3) is 0 Å². The third-order valence-electron chi connectivity index (χ3n) is 4.70. The van der Waals surface area contributed by atoms with E-state index in [1.807, 2.05) is 24.3 Å². The molecule has 6 heteroatoms. The van der Waals surface area contributed by atoms with E-state index in [0.717, 1.165) is 36.8 Å².